The average Bonchev–Trinajstić information content (AvgIpc) is 2.58. The molecule has 108 valence electrons. The summed E-state index contributed by atoms with van der Waals surface area (Å²) < 4.78 is 0. The molecule has 0 saturated heterocycles. The van der Waals surface area contributed by atoms with Gasteiger partial charge in [-0.3, -0.25) is 0 Å². The first-order chi connectivity index (χ1) is 10.8. The first kappa shape index (κ1) is 14.4. The third-order valence-electron chi connectivity index (χ3n) is 3.48. The van der Waals surface area contributed by atoms with E-state index < -0.39 is 0 Å². The van der Waals surface area contributed by atoms with Gasteiger partial charge < -0.3 is 5.11 Å². The highest BCUT2D eigenvalue weighted by Gasteiger charge is 2.12. The smallest absolute Gasteiger partial charge is 0.253 e. The van der Waals surface area contributed by atoms with Crippen LogP contribution in [0.25, 0.3) is 10.6 Å². The van der Waals surface area contributed by atoms with E-state index in [4.69, 9.17) is 16.7 Å². The zero-order valence-corrected chi connectivity index (χ0v) is 12.7. The van der Waals surface area contributed by atoms with Crippen LogP contribution >= 0.6 is 11.6 Å². The Bertz CT molecular complexity index is 775. The number of rotatable bonds is 3. The highest BCUT2D eigenvalue weighted by atomic mass is 35.5. The maximum Gasteiger partial charge on any atom is 0.253 e. The molecule has 0 unspecified atom stereocenters. The first-order valence-electron chi connectivity index (χ1n) is 7.08. The largest absolute Gasteiger partial charge is 0.593 e. The Morgan fingerprint density at radius 1 is 0.591 bits per heavy atom. The van der Waals surface area contributed by atoms with Crippen molar-refractivity contribution >= 4 is 22.2 Å². The van der Waals surface area contributed by atoms with Crippen LogP contribution in [0.3, 0.4) is 0 Å². The topological polar surface area (TPSA) is 22.9 Å². The van der Waals surface area contributed by atoms with E-state index in [1.54, 1.807) is 12.1 Å². The summed E-state index contributed by atoms with van der Waals surface area (Å²) >= 11 is 6.71. The molecule has 3 rings (SSSR count). The van der Waals surface area contributed by atoms with Gasteiger partial charge in [-0.15, -0.1) is 0 Å². The van der Waals surface area contributed by atoms with E-state index in [0.29, 0.717) is 10.8 Å². The maximum atomic E-state index is 7.66. The molecule has 0 bridgehead atoms. The second kappa shape index (κ2) is 6.50. The SMILES string of the molecule is [OH2+]c1ccc(/C(=C(\Cl)c2ccccc2)c2ccccc2)cc1. The molecule has 2 N–H and O–H groups in total. The van der Waals surface area contributed by atoms with Crippen molar-refractivity contribution in [3.8, 4) is 5.75 Å². The lowest BCUT2D eigenvalue weighted by molar-refractivity contribution is 0.475. The van der Waals surface area contributed by atoms with E-state index in [0.717, 1.165) is 22.3 Å². The molecule has 0 heterocycles. The Morgan fingerprint density at radius 2 is 1.05 bits per heavy atom. The molecule has 0 aliphatic carbocycles. The van der Waals surface area contributed by atoms with Gasteiger partial charge in [0.05, 0.1) is 5.03 Å². The summed E-state index contributed by atoms with van der Waals surface area (Å²) in [5.41, 5.74) is 4.04. The fourth-order valence-corrected chi connectivity index (χ4v) is 2.73. The van der Waals surface area contributed by atoms with Gasteiger partial charge in [0.2, 0.25) is 0 Å². The molecule has 0 aliphatic rings. The van der Waals surface area contributed by atoms with E-state index in [1.165, 1.54) is 0 Å². The first-order valence-corrected chi connectivity index (χ1v) is 7.46. The fourth-order valence-electron chi connectivity index (χ4n) is 2.39. The normalized spacial score (nSPS) is 11.9. The molecule has 0 aromatic heterocycles. The van der Waals surface area contributed by atoms with Crippen molar-refractivity contribution in [3.05, 3.63) is 102 Å². The summed E-state index contributed by atoms with van der Waals surface area (Å²) in [5.74, 6) is 0.493. The Morgan fingerprint density at radius 3 is 1.59 bits per heavy atom. The van der Waals surface area contributed by atoms with Crippen molar-refractivity contribution in [1.82, 2.24) is 0 Å². The number of hydrogen-bond donors (Lipinski definition) is 0. The lowest BCUT2D eigenvalue weighted by atomic mass is 9.95. The Balaban J connectivity index is 2.21. The van der Waals surface area contributed by atoms with Gasteiger partial charge in [0, 0.05) is 17.7 Å². The van der Waals surface area contributed by atoms with Crippen molar-refractivity contribution in [2.24, 2.45) is 0 Å². The van der Waals surface area contributed by atoms with Crippen LogP contribution in [0, 0.1) is 0 Å². The molecule has 0 atom stereocenters. The fraction of sp³-hybridized carbons (Fsp3) is 0. The van der Waals surface area contributed by atoms with Crippen molar-refractivity contribution in [1.29, 1.82) is 0 Å². The van der Waals surface area contributed by atoms with Crippen LogP contribution in [-0.4, -0.2) is 5.11 Å². The molecule has 0 fully saturated rings. The monoisotopic (exact) mass is 307 g/mol. The minimum absolute atomic E-state index is 0.493. The molecule has 22 heavy (non-hydrogen) atoms. The zero-order valence-electron chi connectivity index (χ0n) is 12.0. The molecular weight excluding hydrogens is 292 g/mol. The molecule has 0 amide bonds. The van der Waals surface area contributed by atoms with Crippen molar-refractivity contribution in [2.75, 3.05) is 0 Å². The summed E-state index contributed by atoms with van der Waals surface area (Å²) in [4.78, 5) is 0. The molecule has 3 aromatic rings. The van der Waals surface area contributed by atoms with E-state index in [9.17, 15) is 0 Å². The third kappa shape index (κ3) is 3.05. The summed E-state index contributed by atoms with van der Waals surface area (Å²) in [6, 6.07) is 27.5. The van der Waals surface area contributed by atoms with Gasteiger partial charge in [-0.25, -0.2) is 0 Å². The van der Waals surface area contributed by atoms with Crippen LogP contribution in [0.2, 0.25) is 0 Å². The van der Waals surface area contributed by atoms with E-state index >= 15 is 0 Å². The molecule has 1 nitrogen and oxygen atoms in total. The highest BCUT2D eigenvalue weighted by molar-refractivity contribution is 6.53. The van der Waals surface area contributed by atoms with E-state index in [1.807, 2.05) is 60.7 Å². The molecule has 3 aromatic carbocycles. The van der Waals surface area contributed by atoms with Crippen LogP contribution in [-0.2, 0) is 0 Å². The Kier molecular flexibility index (Phi) is 4.27. The molecule has 0 aliphatic heterocycles. The average molecular weight is 308 g/mol. The second-order valence-corrected chi connectivity index (χ2v) is 5.38. The quantitative estimate of drug-likeness (QED) is 0.464. The lowest BCUT2D eigenvalue weighted by Crippen LogP contribution is -1.91. The summed E-state index contributed by atoms with van der Waals surface area (Å²) in [6.45, 7) is 0. The molecule has 0 spiro atoms. The maximum absolute atomic E-state index is 7.66. The van der Waals surface area contributed by atoms with E-state index in [2.05, 4.69) is 12.1 Å². The second-order valence-electron chi connectivity index (χ2n) is 5.00. The number of halogens is 1. The van der Waals surface area contributed by atoms with Gasteiger partial charge in [0.25, 0.3) is 5.75 Å². The van der Waals surface area contributed by atoms with E-state index in [-0.39, 0.29) is 0 Å². The summed E-state index contributed by atoms with van der Waals surface area (Å²) in [5, 5.41) is 8.37. The van der Waals surface area contributed by atoms with Crippen LogP contribution < -0.4 is 0 Å². The molecule has 2 heteroatoms. The van der Waals surface area contributed by atoms with Gasteiger partial charge in [-0.05, 0) is 28.8 Å². The van der Waals surface area contributed by atoms with Crippen LogP contribution in [0.4, 0.5) is 0 Å². The minimum Gasteiger partial charge on any atom is -0.593 e. The van der Waals surface area contributed by atoms with Gasteiger partial charge in [0.15, 0.2) is 0 Å². The van der Waals surface area contributed by atoms with Gasteiger partial charge in [0.1, 0.15) is 0 Å². The zero-order chi connectivity index (χ0) is 15.4. The summed E-state index contributed by atoms with van der Waals surface area (Å²) in [6.07, 6.45) is 0. The van der Waals surface area contributed by atoms with Crippen molar-refractivity contribution < 1.29 is 5.11 Å². The number of hydrogen-bond acceptors (Lipinski definition) is 0. The lowest BCUT2D eigenvalue weighted by Gasteiger charge is -2.12. The van der Waals surface area contributed by atoms with Crippen molar-refractivity contribution in [3.63, 3.8) is 0 Å². The van der Waals surface area contributed by atoms with Crippen LogP contribution in [0.15, 0.2) is 84.9 Å². The standard InChI is InChI=1S/C20H15ClO/c21-20(17-9-5-2-6-10-17)19(15-7-3-1-4-8-15)16-11-13-18(22)14-12-16/h1-14,22H/p+1/b20-19-. The minimum atomic E-state index is 0.493. The van der Waals surface area contributed by atoms with Gasteiger partial charge in [-0.2, -0.15) is 0 Å². The predicted molar refractivity (Wildman–Crippen MR) is 94.2 cm³/mol. The Hall–Kier alpha value is -2.51. The van der Waals surface area contributed by atoms with Crippen LogP contribution in [0.5, 0.6) is 5.75 Å². The Labute approximate surface area is 135 Å². The van der Waals surface area contributed by atoms with Crippen LogP contribution in [0.1, 0.15) is 16.7 Å². The molecular formula is C20H16ClO+. The summed E-state index contributed by atoms with van der Waals surface area (Å²) in [7, 11) is 0. The molecule has 0 saturated carbocycles. The number of benzene rings is 3. The third-order valence-corrected chi connectivity index (χ3v) is 3.89. The molecule has 0 radical (unpaired) electrons. The van der Waals surface area contributed by atoms with Gasteiger partial charge >= 0.3 is 0 Å². The van der Waals surface area contributed by atoms with Gasteiger partial charge in [-0.1, -0.05) is 72.3 Å². The van der Waals surface area contributed by atoms with Crippen molar-refractivity contribution in [2.45, 2.75) is 0 Å². The predicted octanol–water partition coefficient (Wildman–Crippen LogP) is 5.28. The highest BCUT2D eigenvalue weighted by Crippen LogP contribution is 2.35.